The van der Waals surface area contributed by atoms with Gasteiger partial charge >= 0.3 is 5.97 Å². The van der Waals surface area contributed by atoms with E-state index in [0.29, 0.717) is 44.1 Å². The number of hydrogen-bond donors (Lipinski definition) is 3. The molecule has 3 N–H and O–H groups in total. The quantitative estimate of drug-likeness (QED) is 0.580. The number of ether oxygens (including phenoxy) is 1. The molecule has 1 aromatic heterocycles. The van der Waals surface area contributed by atoms with E-state index in [1.165, 1.54) is 13.1 Å². The highest BCUT2D eigenvalue weighted by Crippen LogP contribution is 2.71. The van der Waals surface area contributed by atoms with Gasteiger partial charge in [0.05, 0.1) is 17.3 Å². The third kappa shape index (κ3) is 3.02. The van der Waals surface area contributed by atoms with E-state index >= 15 is 0 Å². The minimum Gasteiger partial charge on any atom is -0.458 e. The fourth-order valence-electron chi connectivity index (χ4n) is 8.70. The second-order valence-electron chi connectivity index (χ2n) is 11.9. The Morgan fingerprint density at radius 1 is 1.09 bits per heavy atom. The molecule has 186 valence electrons. The Balaban J connectivity index is 1.59. The molecule has 9 atom stereocenters. The Bertz CT molecular complexity index is 985. The monoisotopic (exact) mass is 471 g/mol. The predicted molar refractivity (Wildman–Crippen MR) is 124 cm³/mol. The molecule has 0 bridgehead atoms. The smallest absolute Gasteiger partial charge is 0.339 e. The van der Waals surface area contributed by atoms with Crippen molar-refractivity contribution in [3.63, 3.8) is 0 Å². The lowest BCUT2D eigenvalue weighted by molar-refractivity contribution is -0.318. The topological polar surface area (TPSA) is 117 Å². The molecule has 4 fully saturated rings. The van der Waals surface area contributed by atoms with Crippen LogP contribution in [0.25, 0.3) is 0 Å². The molecule has 0 amide bonds. The van der Waals surface area contributed by atoms with Gasteiger partial charge in [0.25, 0.3) is 0 Å². The molecule has 0 saturated heterocycles. The third-order valence-electron chi connectivity index (χ3n) is 10.6. The fraction of sp³-hybridized carbons (Fsp3) is 0.741. The van der Waals surface area contributed by atoms with Crippen LogP contribution in [0.3, 0.4) is 0 Å². The zero-order valence-corrected chi connectivity index (χ0v) is 20.4. The Morgan fingerprint density at radius 2 is 1.85 bits per heavy atom. The first-order chi connectivity index (χ1) is 16.0. The van der Waals surface area contributed by atoms with Crippen LogP contribution >= 0.6 is 0 Å². The van der Waals surface area contributed by atoms with Crippen molar-refractivity contribution in [2.75, 3.05) is 0 Å². The lowest BCUT2D eigenvalue weighted by Gasteiger charge is -2.68. The molecule has 0 aliphatic heterocycles. The van der Waals surface area contributed by atoms with Crippen LogP contribution < -0.4 is 0 Å². The van der Waals surface area contributed by atoms with Crippen molar-refractivity contribution in [2.24, 2.45) is 28.6 Å². The van der Waals surface area contributed by atoms with Gasteiger partial charge in [-0.05, 0) is 87.7 Å². The molecule has 4 aliphatic carbocycles. The summed E-state index contributed by atoms with van der Waals surface area (Å²) in [5.41, 5.74) is -4.00. The standard InChI is InChI=1S/C27H37NO6/c1-16(29)20-8-11-27(33)25(20,3)22(34-23(31)17-5-4-12-28-15-17)14-21-24(2)9-7-19(30)13-18(24)6-10-26(21,27)32/h4-5,12,15,18-22,30,32-33H,6-11,13-14H2,1-3H3. The zero-order valence-electron chi connectivity index (χ0n) is 20.4. The molecule has 0 aromatic carbocycles. The number of carbonyl (C=O) groups excluding carboxylic acids is 2. The SMILES string of the molecule is CC(=O)C1CCC2(O)C3(O)CCC4CC(O)CCC4(C)C3CC(OC(=O)c3cccnc3)C12C. The first kappa shape index (κ1) is 23.9. The van der Waals surface area contributed by atoms with E-state index in [1.807, 2.05) is 6.92 Å². The minimum atomic E-state index is -1.55. The van der Waals surface area contributed by atoms with Gasteiger partial charge in [-0.1, -0.05) is 13.8 Å². The van der Waals surface area contributed by atoms with Gasteiger partial charge in [-0.3, -0.25) is 9.78 Å². The van der Waals surface area contributed by atoms with E-state index in [4.69, 9.17) is 4.74 Å². The number of nitrogens with zero attached hydrogens (tertiary/aromatic N) is 1. The predicted octanol–water partition coefficient (Wildman–Crippen LogP) is 3.06. The third-order valence-corrected chi connectivity index (χ3v) is 10.6. The van der Waals surface area contributed by atoms with Gasteiger partial charge in [-0.2, -0.15) is 0 Å². The number of ketones is 1. The van der Waals surface area contributed by atoms with Gasteiger partial charge in [0.15, 0.2) is 0 Å². The number of hydrogen-bond acceptors (Lipinski definition) is 7. The largest absolute Gasteiger partial charge is 0.458 e. The Morgan fingerprint density at radius 3 is 2.53 bits per heavy atom. The Labute approximate surface area is 200 Å². The summed E-state index contributed by atoms with van der Waals surface area (Å²) in [7, 11) is 0. The van der Waals surface area contributed by atoms with Gasteiger partial charge in [-0.15, -0.1) is 0 Å². The number of aromatic nitrogens is 1. The molecule has 9 unspecified atom stereocenters. The summed E-state index contributed by atoms with van der Waals surface area (Å²) in [6.07, 6.45) is 6.35. The molecular formula is C27H37NO6. The van der Waals surface area contributed by atoms with Gasteiger partial charge < -0.3 is 20.1 Å². The summed E-state index contributed by atoms with van der Waals surface area (Å²) in [6.45, 7) is 5.53. The van der Waals surface area contributed by atoms with Crippen molar-refractivity contribution in [1.29, 1.82) is 0 Å². The summed E-state index contributed by atoms with van der Waals surface area (Å²) in [4.78, 5) is 29.9. The van der Waals surface area contributed by atoms with E-state index in [9.17, 15) is 24.9 Å². The summed E-state index contributed by atoms with van der Waals surface area (Å²) < 4.78 is 6.13. The zero-order chi connectivity index (χ0) is 24.5. The molecule has 0 radical (unpaired) electrons. The number of pyridine rings is 1. The first-order valence-corrected chi connectivity index (χ1v) is 12.7. The normalized spacial score (nSPS) is 47.8. The van der Waals surface area contributed by atoms with Crippen LogP contribution in [0, 0.1) is 28.6 Å². The summed E-state index contributed by atoms with van der Waals surface area (Å²) in [5, 5.41) is 35.1. The number of esters is 1. The number of aliphatic hydroxyl groups is 3. The summed E-state index contributed by atoms with van der Waals surface area (Å²) in [5.74, 6) is -1.16. The van der Waals surface area contributed by atoms with E-state index in [0.717, 1.165) is 12.8 Å². The lowest BCUT2D eigenvalue weighted by Crippen LogP contribution is -2.76. The number of aliphatic hydroxyl groups excluding tert-OH is 1. The molecule has 34 heavy (non-hydrogen) atoms. The number of fused-ring (bicyclic) bond motifs is 5. The van der Waals surface area contributed by atoms with Crippen LogP contribution in [0.15, 0.2) is 24.5 Å². The summed E-state index contributed by atoms with van der Waals surface area (Å²) >= 11 is 0. The van der Waals surface area contributed by atoms with Crippen LogP contribution in [0.2, 0.25) is 0 Å². The van der Waals surface area contributed by atoms with Crippen LogP contribution in [0.1, 0.15) is 82.5 Å². The molecule has 4 aliphatic rings. The van der Waals surface area contributed by atoms with Gasteiger partial charge in [0, 0.05) is 23.7 Å². The van der Waals surface area contributed by atoms with Crippen LogP contribution in [0.5, 0.6) is 0 Å². The van der Waals surface area contributed by atoms with E-state index in [2.05, 4.69) is 11.9 Å². The molecule has 1 heterocycles. The van der Waals surface area contributed by atoms with E-state index in [-0.39, 0.29) is 29.1 Å². The minimum absolute atomic E-state index is 0.0522. The van der Waals surface area contributed by atoms with Gasteiger partial charge in [0.2, 0.25) is 0 Å². The van der Waals surface area contributed by atoms with E-state index in [1.54, 1.807) is 18.3 Å². The molecule has 1 aromatic rings. The Kier molecular flexibility index (Phi) is 5.51. The van der Waals surface area contributed by atoms with Gasteiger partial charge in [0.1, 0.15) is 17.5 Å². The molecule has 0 spiro atoms. The summed E-state index contributed by atoms with van der Waals surface area (Å²) in [6, 6.07) is 3.31. The molecule has 7 nitrogen and oxygen atoms in total. The fourth-order valence-corrected chi connectivity index (χ4v) is 8.70. The lowest BCUT2D eigenvalue weighted by atomic mass is 9.40. The highest BCUT2D eigenvalue weighted by atomic mass is 16.5. The molecular weight excluding hydrogens is 434 g/mol. The van der Waals surface area contributed by atoms with Crippen molar-refractivity contribution >= 4 is 11.8 Å². The Hall–Kier alpha value is -1.83. The first-order valence-electron chi connectivity index (χ1n) is 12.7. The van der Waals surface area contributed by atoms with Crippen molar-refractivity contribution in [1.82, 2.24) is 4.98 Å². The van der Waals surface area contributed by atoms with E-state index < -0.39 is 34.6 Å². The maximum absolute atomic E-state index is 13.1. The second kappa shape index (κ2) is 7.84. The second-order valence-corrected chi connectivity index (χ2v) is 11.9. The molecule has 7 heteroatoms. The van der Waals surface area contributed by atoms with Crippen LogP contribution in [0.4, 0.5) is 0 Å². The highest BCUT2D eigenvalue weighted by molar-refractivity contribution is 5.89. The highest BCUT2D eigenvalue weighted by Gasteiger charge is 2.77. The van der Waals surface area contributed by atoms with Crippen molar-refractivity contribution in [3.8, 4) is 0 Å². The van der Waals surface area contributed by atoms with Crippen molar-refractivity contribution < 1.29 is 29.6 Å². The molecule has 4 saturated carbocycles. The average molecular weight is 472 g/mol. The average Bonchev–Trinajstić information content (AvgIpc) is 3.10. The number of carbonyl (C=O) groups is 2. The maximum Gasteiger partial charge on any atom is 0.339 e. The molecule has 5 rings (SSSR count). The maximum atomic E-state index is 13.1. The van der Waals surface area contributed by atoms with Gasteiger partial charge in [-0.25, -0.2) is 4.79 Å². The van der Waals surface area contributed by atoms with Crippen molar-refractivity contribution in [3.05, 3.63) is 30.1 Å². The van der Waals surface area contributed by atoms with Crippen LogP contribution in [-0.4, -0.2) is 55.5 Å². The van der Waals surface area contributed by atoms with Crippen molar-refractivity contribution in [2.45, 2.75) is 95.5 Å². The van der Waals surface area contributed by atoms with Crippen LogP contribution in [-0.2, 0) is 9.53 Å². The number of rotatable bonds is 3. The number of Topliss-reactive ketones (excluding diaryl/α,β-unsaturated/α-hetero) is 1.